The number of hydrogen-bond donors (Lipinski definition) is 1. The maximum atomic E-state index is 13.6. The first kappa shape index (κ1) is 24.3. The number of hydrogen-bond acceptors (Lipinski definition) is 7. The average Bonchev–Trinajstić information content (AvgIpc) is 3.66. The third-order valence-electron chi connectivity index (χ3n) is 7.66. The highest BCUT2D eigenvalue weighted by molar-refractivity contribution is 5.94. The Morgan fingerprint density at radius 3 is 2.62 bits per heavy atom. The second kappa shape index (κ2) is 11.1. The quantitative estimate of drug-likeness (QED) is 0.523. The lowest BCUT2D eigenvalue weighted by Crippen LogP contribution is -2.39. The van der Waals surface area contributed by atoms with E-state index in [1.807, 2.05) is 23.1 Å². The summed E-state index contributed by atoms with van der Waals surface area (Å²) >= 11 is 0. The van der Waals surface area contributed by atoms with Crippen LogP contribution in [0.2, 0.25) is 0 Å². The summed E-state index contributed by atoms with van der Waals surface area (Å²) in [5.74, 6) is 1.54. The van der Waals surface area contributed by atoms with Crippen molar-refractivity contribution in [3.05, 3.63) is 47.2 Å². The molecule has 6 rings (SSSR count). The van der Waals surface area contributed by atoms with E-state index in [0.29, 0.717) is 29.9 Å². The normalized spacial score (nSPS) is 21.5. The molecule has 9 heteroatoms. The predicted molar refractivity (Wildman–Crippen MR) is 140 cm³/mol. The molecule has 1 unspecified atom stereocenters. The van der Waals surface area contributed by atoms with Gasteiger partial charge in [-0.1, -0.05) is 6.07 Å². The number of aromatic amines is 1. The maximum absolute atomic E-state index is 13.6. The van der Waals surface area contributed by atoms with Crippen molar-refractivity contribution in [2.45, 2.75) is 51.0 Å². The Labute approximate surface area is 217 Å². The molecule has 3 aromatic rings. The molecule has 4 heterocycles. The molecule has 0 spiro atoms. The van der Waals surface area contributed by atoms with Crippen LogP contribution in [-0.4, -0.2) is 82.1 Å². The fraction of sp³-hybridized carbons (Fsp3) is 0.571. The summed E-state index contributed by atoms with van der Waals surface area (Å²) in [5, 5.41) is 11.0. The first-order valence-electron chi connectivity index (χ1n) is 13.7. The van der Waals surface area contributed by atoms with Crippen LogP contribution in [0.1, 0.15) is 66.1 Å². The summed E-state index contributed by atoms with van der Waals surface area (Å²) in [6.07, 6.45) is 6.38. The van der Waals surface area contributed by atoms with Crippen LogP contribution < -0.4 is 4.74 Å². The topological polar surface area (TPSA) is 96.5 Å². The number of H-pyrrole nitrogens is 1. The van der Waals surface area contributed by atoms with Crippen molar-refractivity contribution >= 4 is 16.9 Å². The molecule has 1 aromatic carbocycles. The smallest absolute Gasteiger partial charge is 0.254 e. The minimum Gasteiger partial charge on any atom is -0.477 e. The van der Waals surface area contributed by atoms with E-state index in [1.165, 1.54) is 5.56 Å². The minimum absolute atomic E-state index is 0.0973. The molecule has 3 fully saturated rings. The molecule has 37 heavy (non-hydrogen) atoms. The molecule has 1 aliphatic carbocycles. The first-order chi connectivity index (χ1) is 18.2. The van der Waals surface area contributed by atoms with Gasteiger partial charge in [0.15, 0.2) is 0 Å². The molecule has 0 radical (unpaired) electrons. The van der Waals surface area contributed by atoms with E-state index in [9.17, 15) is 4.79 Å². The van der Waals surface area contributed by atoms with Gasteiger partial charge in [0.1, 0.15) is 11.0 Å². The Bertz CT molecular complexity index is 1210. The van der Waals surface area contributed by atoms with E-state index in [2.05, 4.69) is 32.4 Å². The van der Waals surface area contributed by atoms with Gasteiger partial charge in [0.25, 0.3) is 5.91 Å². The number of fused-ring (bicyclic) bond motifs is 1. The molecule has 2 aromatic heterocycles. The van der Waals surface area contributed by atoms with E-state index in [1.54, 1.807) is 0 Å². The summed E-state index contributed by atoms with van der Waals surface area (Å²) in [5.41, 5.74) is 4.75. The number of ether oxygens (including phenoxy) is 2. The largest absolute Gasteiger partial charge is 0.477 e. The molecule has 0 bridgehead atoms. The lowest BCUT2D eigenvalue weighted by molar-refractivity contribution is 0.0343. The zero-order valence-electron chi connectivity index (χ0n) is 21.4. The molecule has 3 aliphatic rings. The highest BCUT2D eigenvalue weighted by Crippen LogP contribution is 2.40. The Hall–Kier alpha value is -3.04. The Morgan fingerprint density at radius 2 is 1.84 bits per heavy atom. The average molecular weight is 505 g/mol. The minimum atomic E-state index is 0.0973. The van der Waals surface area contributed by atoms with Crippen LogP contribution in [0, 0.1) is 5.92 Å². The molecular weight excluding hydrogens is 468 g/mol. The second-order valence-electron chi connectivity index (χ2n) is 10.7. The van der Waals surface area contributed by atoms with Crippen LogP contribution in [0.25, 0.3) is 11.0 Å². The van der Waals surface area contributed by atoms with Gasteiger partial charge in [0, 0.05) is 68.5 Å². The number of rotatable bonds is 7. The van der Waals surface area contributed by atoms with Crippen molar-refractivity contribution in [2.75, 3.05) is 46.0 Å². The maximum Gasteiger partial charge on any atom is 0.254 e. The lowest BCUT2D eigenvalue weighted by atomic mass is 10.0. The number of pyridine rings is 1. The van der Waals surface area contributed by atoms with Gasteiger partial charge in [-0.25, -0.2) is 4.98 Å². The molecule has 1 N–H and O–H groups in total. The Balaban J connectivity index is 1.07. The number of amides is 1. The molecule has 2 saturated heterocycles. The van der Waals surface area contributed by atoms with Gasteiger partial charge >= 0.3 is 0 Å². The molecular formula is C28H36N6O3. The Kier molecular flexibility index (Phi) is 7.32. The fourth-order valence-corrected chi connectivity index (χ4v) is 5.43. The second-order valence-corrected chi connectivity index (χ2v) is 10.7. The highest BCUT2D eigenvalue weighted by Gasteiger charge is 2.28. The molecule has 196 valence electrons. The summed E-state index contributed by atoms with van der Waals surface area (Å²) in [6.45, 7) is 6.51. The van der Waals surface area contributed by atoms with Crippen molar-refractivity contribution in [3.63, 3.8) is 0 Å². The van der Waals surface area contributed by atoms with Crippen LogP contribution >= 0.6 is 0 Å². The van der Waals surface area contributed by atoms with E-state index in [4.69, 9.17) is 14.5 Å². The summed E-state index contributed by atoms with van der Waals surface area (Å²) in [4.78, 5) is 22.8. The molecule has 1 amide bonds. The van der Waals surface area contributed by atoms with Crippen molar-refractivity contribution in [1.82, 2.24) is 30.2 Å². The zero-order valence-corrected chi connectivity index (χ0v) is 21.4. The summed E-state index contributed by atoms with van der Waals surface area (Å²) in [6, 6.07) is 10.1. The number of carbonyl (C=O) groups excluding carboxylic acids is 1. The first-order valence-corrected chi connectivity index (χ1v) is 13.7. The summed E-state index contributed by atoms with van der Waals surface area (Å²) < 4.78 is 11.7. The van der Waals surface area contributed by atoms with Gasteiger partial charge in [0.2, 0.25) is 5.88 Å². The van der Waals surface area contributed by atoms with Gasteiger partial charge in [-0.2, -0.15) is 15.4 Å². The van der Waals surface area contributed by atoms with Gasteiger partial charge < -0.3 is 14.4 Å². The highest BCUT2D eigenvalue weighted by atomic mass is 16.5. The van der Waals surface area contributed by atoms with Crippen molar-refractivity contribution in [1.29, 1.82) is 0 Å². The third kappa shape index (κ3) is 6.10. The zero-order chi connectivity index (χ0) is 25.0. The molecule has 2 aliphatic heterocycles. The monoisotopic (exact) mass is 504 g/mol. The standard InChI is InChI=1S/C28H36N6O3/c35-28(23-15-25(22-6-7-22)29-27(16-23)37-19-21-4-1-13-36-18-21)34-11-2-9-33(10-3-12-34)17-20-5-8-24-26(14-20)31-32-30-24/h5,8,14-16,21-22H,1-4,6-7,9-13,17-19H2,(H,30,31,32). The molecule has 9 nitrogen and oxygen atoms in total. The van der Waals surface area contributed by atoms with E-state index >= 15 is 0 Å². The predicted octanol–water partition coefficient (Wildman–Crippen LogP) is 3.77. The number of aromatic nitrogens is 4. The molecule has 1 atom stereocenters. The Morgan fingerprint density at radius 1 is 1.00 bits per heavy atom. The van der Waals surface area contributed by atoms with Crippen LogP contribution in [0.3, 0.4) is 0 Å². The molecule has 1 saturated carbocycles. The van der Waals surface area contributed by atoms with E-state index in [-0.39, 0.29) is 5.91 Å². The van der Waals surface area contributed by atoms with Crippen molar-refractivity contribution < 1.29 is 14.3 Å². The van der Waals surface area contributed by atoms with Crippen molar-refractivity contribution in [2.24, 2.45) is 5.92 Å². The van der Waals surface area contributed by atoms with Crippen molar-refractivity contribution in [3.8, 4) is 5.88 Å². The number of benzene rings is 1. The summed E-state index contributed by atoms with van der Waals surface area (Å²) in [7, 11) is 0. The lowest BCUT2D eigenvalue weighted by Gasteiger charge is -2.30. The third-order valence-corrected chi connectivity index (χ3v) is 7.66. The van der Waals surface area contributed by atoms with E-state index in [0.717, 1.165) is 101 Å². The fourth-order valence-electron chi connectivity index (χ4n) is 5.43. The van der Waals surface area contributed by atoms with Crippen LogP contribution in [0.5, 0.6) is 5.88 Å². The van der Waals surface area contributed by atoms with Crippen LogP contribution in [0.4, 0.5) is 0 Å². The van der Waals surface area contributed by atoms with Gasteiger partial charge in [-0.15, -0.1) is 0 Å². The van der Waals surface area contributed by atoms with Gasteiger partial charge in [0.05, 0.1) is 13.2 Å². The number of nitrogens with one attached hydrogen (secondary N) is 1. The number of nitrogens with zero attached hydrogens (tertiary/aromatic N) is 5. The van der Waals surface area contributed by atoms with Gasteiger partial charge in [-0.05, 0) is 62.3 Å². The van der Waals surface area contributed by atoms with Gasteiger partial charge in [-0.3, -0.25) is 9.69 Å². The van der Waals surface area contributed by atoms with E-state index < -0.39 is 0 Å². The van der Waals surface area contributed by atoms with Crippen LogP contribution in [0.15, 0.2) is 30.3 Å². The van der Waals surface area contributed by atoms with Crippen LogP contribution in [-0.2, 0) is 11.3 Å². The number of carbonyl (C=O) groups is 1. The SMILES string of the molecule is O=C(c1cc(OCC2CCCOC2)nc(C2CC2)c1)N1CCCN(Cc2ccc3n[nH]nc3c2)CCC1.